The van der Waals surface area contributed by atoms with Gasteiger partial charge in [-0.2, -0.15) is 4.98 Å². The molecular weight excluding hydrogens is 316 g/mol. The lowest BCUT2D eigenvalue weighted by atomic mass is 9.83. The van der Waals surface area contributed by atoms with E-state index < -0.39 is 0 Å². The molecule has 0 aromatic carbocycles. The molecule has 0 aliphatic heterocycles. The number of hydrogen-bond donors (Lipinski definition) is 1. The Kier molecular flexibility index (Phi) is 6.14. The van der Waals surface area contributed by atoms with Gasteiger partial charge in [0.25, 0.3) is 0 Å². The van der Waals surface area contributed by atoms with E-state index in [4.69, 9.17) is 4.52 Å². The Morgan fingerprint density at radius 3 is 2.92 bits per heavy atom. The molecule has 2 heterocycles. The minimum atomic E-state index is 0.0681. The summed E-state index contributed by atoms with van der Waals surface area (Å²) in [7, 11) is 0. The van der Waals surface area contributed by atoms with E-state index in [1.54, 1.807) is 12.4 Å². The summed E-state index contributed by atoms with van der Waals surface area (Å²) in [6.45, 7) is 2.15. The van der Waals surface area contributed by atoms with Crippen molar-refractivity contribution < 1.29 is 9.32 Å². The molecule has 6 heteroatoms. The van der Waals surface area contributed by atoms with Crippen LogP contribution in [0, 0.1) is 5.92 Å². The summed E-state index contributed by atoms with van der Waals surface area (Å²) in [5.74, 6) is 1.69. The first-order valence-electron chi connectivity index (χ1n) is 9.28. The van der Waals surface area contributed by atoms with Crippen LogP contribution in [0.5, 0.6) is 0 Å². The lowest BCUT2D eigenvalue weighted by Gasteiger charge is -2.30. The monoisotopic (exact) mass is 342 g/mol. The minimum Gasteiger partial charge on any atom is -0.353 e. The molecule has 0 radical (unpaired) electrons. The highest BCUT2D eigenvalue weighted by molar-refractivity contribution is 5.76. The van der Waals surface area contributed by atoms with Crippen molar-refractivity contribution in [2.75, 3.05) is 0 Å². The van der Waals surface area contributed by atoms with Crippen molar-refractivity contribution >= 4 is 5.91 Å². The van der Waals surface area contributed by atoms with Gasteiger partial charge < -0.3 is 9.84 Å². The third kappa shape index (κ3) is 4.87. The zero-order chi connectivity index (χ0) is 17.5. The second-order valence-corrected chi connectivity index (χ2v) is 6.73. The smallest absolute Gasteiger partial charge is 0.227 e. The zero-order valence-electron chi connectivity index (χ0n) is 14.8. The molecule has 1 N–H and O–H groups in total. The Balaban J connectivity index is 1.49. The van der Waals surface area contributed by atoms with Gasteiger partial charge in [-0.05, 0) is 37.3 Å². The Hall–Kier alpha value is -2.24. The first-order chi connectivity index (χ1) is 12.3. The molecule has 0 spiro atoms. The van der Waals surface area contributed by atoms with E-state index in [9.17, 15) is 4.79 Å². The van der Waals surface area contributed by atoms with Gasteiger partial charge in [-0.1, -0.05) is 31.3 Å². The van der Waals surface area contributed by atoms with Gasteiger partial charge in [-0.15, -0.1) is 0 Å². The maximum absolute atomic E-state index is 12.3. The van der Waals surface area contributed by atoms with Gasteiger partial charge in [0, 0.05) is 36.8 Å². The Morgan fingerprint density at radius 1 is 1.36 bits per heavy atom. The van der Waals surface area contributed by atoms with Crippen LogP contribution in [0.2, 0.25) is 0 Å². The summed E-state index contributed by atoms with van der Waals surface area (Å²) in [4.78, 5) is 20.7. The Bertz CT molecular complexity index is 665. The summed E-state index contributed by atoms with van der Waals surface area (Å²) in [6, 6.07) is 4.00. The van der Waals surface area contributed by atoms with Crippen LogP contribution >= 0.6 is 0 Å². The maximum Gasteiger partial charge on any atom is 0.227 e. The first kappa shape index (κ1) is 17.6. The molecule has 25 heavy (non-hydrogen) atoms. The molecule has 1 aliphatic carbocycles. The average Bonchev–Trinajstić information content (AvgIpc) is 3.15. The molecule has 1 fully saturated rings. The predicted molar refractivity (Wildman–Crippen MR) is 94.6 cm³/mol. The molecule has 134 valence electrons. The molecular formula is C19H26N4O2. The number of hydrogen-bond acceptors (Lipinski definition) is 5. The van der Waals surface area contributed by atoms with Crippen molar-refractivity contribution in [3.05, 3.63) is 30.4 Å². The number of aromatic nitrogens is 3. The second-order valence-electron chi connectivity index (χ2n) is 6.73. The van der Waals surface area contributed by atoms with Gasteiger partial charge in [-0.25, -0.2) is 0 Å². The molecule has 1 unspecified atom stereocenters. The van der Waals surface area contributed by atoms with E-state index >= 15 is 0 Å². The number of aryl methyl sites for hydroxylation is 1. The molecule has 1 amide bonds. The Morgan fingerprint density at radius 2 is 2.20 bits per heavy atom. The maximum atomic E-state index is 12.3. The lowest BCUT2D eigenvalue weighted by molar-refractivity contribution is -0.122. The van der Waals surface area contributed by atoms with Gasteiger partial charge in [0.15, 0.2) is 0 Å². The van der Waals surface area contributed by atoms with Crippen LogP contribution in [-0.4, -0.2) is 27.1 Å². The van der Waals surface area contributed by atoms with Crippen LogP contribution < -0.4 is 5.32 Å². The first-order valence-corrected chi connectivity index (χ1v) is 9.28. The normalized spacial score (nSPS) is 16.5. The molecule has 0 bridgehead atoms. The fraction of sp³-hybridized carbons (Fsp3) is 0.579. The van der Waals surface area contributed by atoms with Crippen molar-refractivity contribution in [2.24, 2.45) is 5.92 Å². The fourth-order valence-corrected chi connectivity index (χ4v) is 3.56. The van der Waals surface area contributed by atoms with Gasteiger partial charge >= 0.3 is 0 Å². The topological polar surface area (TPSA) is 80.9 Å². The summed E-state index contributed by atoms with van der Waals surface area (Å²) < 4.78 is 5.25. The van der Waals surface area contributed by atoms with Crippen LogP contribution in [0.1, 0.15) is 57.8 Å². The molecule has 2 aromatic heterocycles. The molecule has 3 rings (SSSR count). The number of nitrogens with zero attached hydrogens (tertiary/aromatic N) is 3. The summed E-state index contributed by atoms with van der Waals surface area (Å²) in [5, 5.41) is 7.16. The van der Waals surface area contributed by atoms with E-state index in [0.29, 0.717) is 36.5 Å². The third-order valence-corrected chi connectivity index (χ3v) is 4.96. The SMILES string of the molecule is CCC(NC(=O)CCc1nc(-c2cccnc2)no1)C1CCCCC1. The summed E-state index contributed by atoms with van der Waals surface area (Å²) >= 11 is 0. The number of rotatable bonds is 7. The van der Waals surface area contributed by atoms with Crippen LogP contribution in [0.4, 0.5) is 0 Å². The van der Waals surface area contributed by atoms with E-state index in [1.807, 2.05) is 12.1 Å². The van der Waals surface area contributed by atoms with Crippen molar-refractivity contribution in [2.45, 2.75) is 64.3 Å². The van der Waals surface area contributed by atoms with E-state index in [2.05, 4.69) is 27.4 Å². The molecule has 1 aliphatic rings. The Labute approximate surface area is 148 Å². The molecule has 1 saturated carbocycles. The highest BCUT2D eigenvalue weighted by Crippen LogP contribution is 2.27. The van der Waals surface area contributed by atoms with Crippen LogP contribution in [0.15, 0.2) is 29.0 Å². The molecule has 6 nitrogen and oxygen atoms in total. The molecule has 0 saturated heterocycles. The highest BCUT2D eigenvalue weighted by atomic mass is 16.5. The predicted octanol–water partition coefficient (Wildman–Crippen LogP) is 3.54. The second kappa shape index (κ2) is 8.74. The van der Waals surface area contributed by atoms with Crippen LogP contribution in [0.3, 0.4) is 0 Å². The minimum absolute atomic E-state index is 0.0681. The highest BCUT2D eigenvalue weighted by Gasteiger charge is 2.23. The average molecular weight is 342 g/mol. The van der Waals surface area contributed by atoms with Gasteiger partial charge in [0.1, 0.15) is 0 Å². The summed E-state index contributed by atoms with van der Waals surface area (Å²) in [6.07, 6.45) is 11.6. The number of pyridine rings is 1. The fourth-order valence-electron chi connectivity index (χ4n) is 3.56. The largest absolute Gasteiger partial charge is 0.353 e. The van der Waals surface area contributed by atoms with E-state index in [0.717, 1.165) is 12.0 Å². The van der Waals surface area contributed by atoms with Crippen LogP contribution in [0.25, 0.3) is 11.4 Å². The van der Waals surface area contributed by atoms with E-state index in [1.165, 1.54) is 32.1 Å². The van der Waals surface area contributed by atoms with E-state index in [-0.39, 0.29) is 5.91 Å². The number of carbonyl (C=O) groups excluding carboxylic acids is 1. The van der Waals surface area contributed by atoms with Gasteiger partial charge in [-0.3, -0.25) is 9.78 Å². The van der Waals surface area contributed by atoms with Gasteiger partial charge in [0.2, 0.25) is 17.6 Å². The number of nitrogens with one attached hydrogen (secondary N) is 1. The lowest BCUT2D eigenvalue weighted by Crippen LogP contribution is -2.40. The van der Waals surface area contributed by atoms with Crippen molar-refractivity contribution in [3.63, 3.8) is 0 Å². The molecule has 1 atom stereocenters. The van der Waals surface area contributed by atoms with Crippen molar-refractivity contribution in [1.82, 2.24) is 20.4 Å². The zero-order valence-corrected chi connectivity index (χ0v) is 14.8. The number of carbonyl (C=O) groups is 1. The summed E-state index contributed by atoms with van der Waals surface area (Å²) in [5.41, 5.74) is 0.810. The third-order valence-electron chi connectivity index (χ3n) is 4.96. The standard InChI is InChI=1S/C19H26N4O2/c1-2-16(14-7-4-3-5-8-14)21-17(24)10-11-18-22-19(23-25-18)15-9-6-12-20-13-15/h6,9,12-14,16H,2-5,7-8,10-11H2,1H3,(H,21,24). The van der Waals surface area contributed by atoms with Crippen molar-refractivity contribution in [3.8, 4) is 11.4 Å². The quantitative estimate of drug-likeness (QED) is 0.832. The number of amides is 1. The van der Waals surface area contributed by atoms with Crippen LogP contribution in [-0.2, 0) is 11.2 Å². The molecule has 2 aromatic rings. The van der Waals surface area contributed by atoms with Crippen molar-refractivity contribution in [1.29, 1.82) is 0 Å². The van der Waals surface area contributed by atoms with Gasteiger partial charge in [0.05, 0.1) is 0 Å².